The van der Waals surface area contributed by atoms with Crippen molar-refractivity contribution in [1.29, 1.82) is 0 Å². The number of carbonyl (C=O) groups is 2. The van der Waals surface area contributed by atoms with E-state index in [1.807, 2.05) is 25.9 Å². The predicted octanol–water partition coefficient (Wildman–Crippen LogP) is -0.105. The van der Waals surface area contributed by atoms with Crippen LogP contribution in [-0.2, 0) is 9.53 Å². The molecule has 0 saturated carbocycles. The van der Waals surface area contributed by atoms with Crippen LogP contribution in [0.5, 0.6) is 0 Å². The highest BCUT2D eigenvalue weighted by molar-refractivity contribution is 6.01. The van der Waals surface area contributed by atoms with Gasteiger partial charge in [-0.25, -0.2) is 4.79 Å². The molecule has 0 spiro atoms. The number of rotatable bonds is 5. The van der Waals surface area contributed by atoms with Gasteiger partial charge in [-0.05, 0) is 27.9 Å². The van der Waals surface area contributed by atoms with E-state index in [9.17, 15) is 9.59 Å². The molecule has 1 fully saturated rings. The van der Waals surface area contributed by atoms with Gasteiger partial charge in [0.15, 0.2) is 5.60 Å². The number of nitrogens with zero attached hydrogens (tertiary/aromatic N) is 2. The molecular weight excluding hydrogens is 222 g/mol. The molecule has 1 aliphatic rings. The van der Waals surface area contributed by atoms with Crippen LogP contribution in [0.2, 0.25) is 0 Å². The summed E-state index contributed by atoms with van der Waals surface area (Å²) in [6, 6.07) is -0.339. The largest absolute Gasteiger partial charge is 0.364 e. The zero-order valence-corrected chi connectivity index (χ0v) is 10.9. The van der Waals surface area contributed by atoms with Crippen LogP contribution < -0.4 is 5.32 Å². The highest BCUT2D eigenvalue weighted by Gasteiger charge is 2.42. The Morgan fingerprint density at radius 3 is 2.65 bits per heavy atom. The van der Waals surface area contributed by atoms with Crippen LogP contribution in [-0.4, -0.2) is 67.7 Å². The Bertz CT molecular complexity index is 306. The van der Waals surface area contributed by atoms with Gasteiger partial charge < -0.3 is 14.5 Å². The fourth-order valence-electron chi connectivity index (χ4n) is 1.75. The number of likely N-dealkylation sites (N-methyl/N-ethyl adjacent to an activating group) is 1. The summed E-state index contributed by atoms with van der Waals surface area (Å²) in [4.78, 5) is 26.9. The smallest absolute Gasteiger partial charge is 0.324 e. The van der Waals surface area contributed by atoms with Crippen molar-refractivity contribution in [1.82, 2.24) is 15.1 Å². The zero-order chi connectivity index (χ0) is 13.1. The number of imide groups is 1. The van der Waals surface area contributed by atoms with Gasteiger partial charge in [-0.15, -0.1) is 0 Å². The Labute approximate surface area is 102 Å². The van der Waals surface area contributed by atoms with Crippen molar-refractivity contribution in [2.75, 3.05) is 40.3 Å². The molecule has 0 aromatic carbocycles. The molecule has 1 N–H and O–H groups in total. The van der Waals surface area contributed by atoms with Gasteiger partial charge in [-0.3, -0.25) is 10.1 Å². The van der Waals surface area contributed by atoms with E-state index in [0.717, 1.165) is 6.54 Å². The Kier molecular flexibility index (Phi) is 4.47. The van der Waals surface area contributed by atoms with Crippen molar-refractivity contribution < 1.29 is 14.3 Å². The molecule has 1 unspecified atom stereocenters. The Morgan fingerprint density at radius 2 is 2.12 bits per heavy atom. The summed E-state index contributed by atoms with van der Waals surface area (Å²) < 4.78 is 5.45. The molecule has 98 valence electrons. The number of ether oxygens (including phenoxy) is 1. The van der Waals surface area contributed by atoms with Gasteiger partial charge in [0.2, 0.25) is 0 Å². The molecule has 1 aliphatic heterocycles. The van der Waals surface area contributed by atoms with Crippen molar-refractivity contribution in [2.24, 2.45) is 0 Å². The fraction of sp³-hybridized carbons (Fsp3) is 0.818. The average Bonchev–Trinajstić information content (AvgIpc) is 2.22. The molecule has 1 atom stereocenters. The van der Waals surface area contributed by atoms with Gasteiger partial charge in [0.1, 0.15) is 0 Å². The minimum atomic E-state index is -0.936. The molecule has 1 rings (SSSR count). The highest BCUT2D eigenvalue weighted by atomic mass is 16.5. The van der Waals surface area contributed by atoms with E-state index in [0.29, 0.717) is 19.7 Å². The molecule has 0 aliphatic carbocycles. The topological polar surface area (TPSA) is 61.9 Å². The van der Waals surface area contributed by atoms with Gasteiger partial charge in [0.25, 0.3) is 5.91 Å². The van der Waals surface area contributed by atoms with Crippen LogP contribution in [0.25, 0.3) is 0 Å². The second-order valence-corrected chi connectivity index (χ2v) is 4.65. The molecule has 3 amide bonds. The third kappa shape index (κ3) is 3.41. The summed E-state index contributed by atoms with van der Waals surface area (Å²) in [5.41, 5.74) is -0.936. The Morgan fingerprint density at radius 1 is 1.47 bits per heavy atom. The molecule has 0 aromatic rings. The quantitative estimate of drug-likeness (QED) is 0.732. The zero-order valence-electron chi connectivity index (χ0n) is 10.9. The van der Waals surface area contributed by atoms with E-state index >= 15 is 0 Å². The monoisotopic (exact) mass is 243 g/mol. The molecule has 17 heavy (non-hydrogen) atoms. The molecule has 6 nitrogen and oxygen atoms in total. The fourth-order valence-corrected chi connectivity index (χ4v) is 1.75. The summed E-state index contributed by atoms with van der Waals surface area (Å²) >= 11 is 0. The van der Waals surface area contributed by atoms with Crippen molar-refractivity contribution in [3.05, 3.63) is 0 Å². The van der Waals surface area contributed by atoms with Crippen molar-refractivity contribution in [3.8, 4) is 0 Å². The van der Waals surface area contributed by atoms with Crippen molar-refractivity contribution >= 4 is 11.9 Å². The van der Waals surface area contributed by atoms with E-state index in [4.69, 9.17) is 4.74 Å². The van der Waals surface area contributed by atoms with Crippen LogP contribution in [0.15, 0.2) is 0 Å². The maximum atomic E-state index is 11.7. The maximum absolute atomic E-state index is 11.7. The molecular formula is C11H21N3O3. The SMILES string of the molecule is CCOC1(C)CN(CCN(C)C)C(=O)NC1=O. The molecule has 0 aromatic heterocycles. The number of carbonyl (C=O) groups excluding carboxylic acids is 2. The Hall–Kier alpha value is -1.14. The van der Waals surface area contributed by atoms with Gasteiger partial charge in [-0.2, -0.15) is 0 Å². The maximum Gasteiger partial charge on any atom is 0.324 e. The second-order valence-electron chi connectivity index (χ2n) is 4.65. The number of urea groups is 1. The third-order valence-electron chi connectivity index (χ3n) is 2.76. The lowest BCUT2D eigenvalue weighted by Crippen LogP contribution is -2.64. The third-order valence-corrected chi connectivity index (χ3v) is 2.76. The summed E-state index contributed by atoms with van der Waals surface area (Å²) in [6.45, 7) is 5.62. The summed E-state index contributed by atoms with van der Waals surface area (Å²) in [5, 5.41) is 2.33. The van der Waals surface area contributed by atoms with Crippen LogP contribution >= 0.6 is 0 Å². The summed E-state index contributed by atoms with van der Waals surface area (Å²) in [6.07, 6.45) is 0. The normalized spacial score (nSPS) is 25.4. The number of nitrogens with one attached hydrogen (secondary N) is 1. The number of hydrogen-bond acceptors (Lipinski definition) is 4. The summed E-state index contributed by atoms with van der Waals surface area (Å²) in [7, 11) is 3.88. The summed E-state index contributed by atoms with van der Waals surface area (Å²) in [5.74, 6) is -0.356. The van der Waals surface area contributed by atoms with Crippen molar-refractivity contribution in [3.63, 3.8) is 0 Å². The lowest BCUT2D eigenvalue weighted by atomic mass is 10.0. The lowest BCUT2D eigenvalue weighted by molar-refractivity contribution is -0.148. The molecule has 0 radical (unpaired) electrons. The lowest BCUT2D eigenvalue weighted by Gasteiger charge is -2.38. The number of hydrogen-bond donors (Lipinski definition) is 1. The first-order valence-electron chi connectivity index (χ1n) is 5.78. The van der Waals surface area contributed by atoms with Gasteiger partial charge in [0.05, 0.1) is 6.54 Å². The Balaban J connectivity index is 2.66. The van der Waals surface area contributed by atoms with Crippen LogP contribution in [0, 0.1) is 0 Å². The molecule has 0 bridgehead atoms. The first-order valence-corrected chi connectivity index (χ1v) is 5.78. The number of amides is 3. The van der Waals surface area contributed by atoms with E-state index < -0.39 is 5.60 Å². The first kappa shape index (κ1) is 13.9. The first-order chi connectivity index (χ1) is 7.89. The predicted molar refractivity (Wildman–Crippen MR) is 63.7 cm³/mol. The van der Waals surface area contributed by atoms with Gasteiger partial charge >= 0.3 is 6.03 Å². The van der Waals surface area contributed by atoms with Crippen LogP contribution in [0.1, 0.15) is 13.8 Å². The van der Waals surface area contributed by atoms with Gasteiger partial charge in [0, 0.05) is 19.7 Å². The average molecular weight is 243 g/mol. The van der Waals surface area contributed by atoms with E-state index in [1.54, 1.807) is 11.8 Å². The highest BCUT2D eigenvalue weighted by Crippen LogP contribution is 2.17. The minimum Gasteiger partial charge on any atom is -0.364 e. The molecule has 1 saturated heterocycles. The molecule has 1 heterocycles. The molecule has 6 heteroatoms. The van der Waals surface area contributed by atoms with E-state index in [2.05, 4.69) is 5.32 Å². The second kappa shape index (κ2) is 5.46. The standard InChI is InChI=1S/C11H21N3O3/c1-5-17-11(2)8-14(7-6-13(3)4)10(16)12-9(11)15/h5-8H2,1-4H3,(H,12,15,16). The van der Waals surface area contributed by atoms with Crippen LogP contribution in [0.3, 0.4) is 0 Å². The van der Waals surface area contributed by atoms with Crippen LogP contribution in [0.4, 0.5) is 4.79 Å². The van der Waals surface area contributed by atoms with Gasteiger partial charge in [-0.1, -0.05) is 0 Å². The van der Waals surface area contributed by atoms with E-state index in [-0.39, 0.29) is 11.9 Å². The minimum absolute atomic E-state index is 0.305. The van der Waals surface area contributed by atoms with E-state index in [1.165, 1.54) is 0 Å². The van der Waals surface area contributed by atoms with Crippen molar-refractivity contribution in [2.45, 2.75) is 19.4 Å².